The maximum absolute atomic E-state index is 12.3. The van der Waals surface area contributed by atoms with Crippen LogP contribution in [0.3, 0.4) is 0 Å². The highest BCUT2D eigenvalue weighted by atomic mass is 16.8. The first-order valence-corrected chi connectivity index (χ1v) is 10.6. The SMILES string of the molecule is CC1(C)OC[C@H]([C@H]2OCC(=O)NCCOCCNC(=O)CO[C@@H]2[C@H]2COC(C)(C)O2)O1. The molecule has 31 heavy (non-hydrogen) atoms. The highest BCUT2D eigenvalue weighted by molar-refractivity contribution is 5.77. The second-order valence-corrected chi connectivity index (χ2v) is 8.60. The Kier molecular flexibility index (Phi) is 8.25. The molecule has 0 aliphatic carbocycles. The minimum atomic E-state index is -0.807. The van der Waals surface area contributed by atoms with Crippen LogP contribution in [0.1, 0.15) is 27.7 Å². The highest BCUT2D eigenvalue weighted by Gasteiger charge is 2.48. The normalized spacial score (nSPS) is 35.6. The van der Waals surface area contributed by atoms with Crippen LogP contribution in [-0.2, 0) is 42.7 Å². The van der Waals surface area contributed by atoms with E-state index in [0.29, 0.717) is 26.3 Å². The summed E-state index contributed by atoms with van der Waals surface area (Å²) in [4.78, 5) is 24.5. The maximum Gasteiger partial charge on any atom is 0.246 e. The molecule has 0 spiro atoms. The van der Waals surface area contributed by atoms with Crippen LogP contribution in [-0.4, -0.2) is 101 Å². The van der Waals surface area contributed by atoms with Crippen molar-refractivity contribution in [2.75, 3.05) is 52.7 Å². The summed E-state index contributed by atoms with van der Waals surface area (Å²) in [7, 11) is 0. The zero-order chi connectivity index (χ0) is 22.5. The van der Waals surface area contributed by atoms with Gasteiger partial charge in [0.1, 0.15) is 37.6 Å². The van der Waals surface area contributed by atoms with Gasteiger partial charge in [-0.3, -0.25) is 9.59 Å². The summed E-state index contributed by atoms with van der Waals surface area (Å²) in [5.41, 5.74) is 0. The molecular weight excluding hydrogens is 412 g/mol. The summed E-state index contributed by atoms with van der Waals surface area (Å²) in [6, 6.07) is 0. The predicted octanol–water partition coefficient (Wildman–Crippen LogP) is -0.678. The van der Waals surface area contributed by atoms with Gasteiger partial charge in [0.2, 0.25) is 11.8 Å². The fraction of sp³-hybridized carbons (Fsp3) is 0.900. The topological polar surface area (TPSA) is 123 Å². The summed E-state index contributed by atoms with van der Waals surface area (Å²) in [5, 5.41) is 5.48. The molecule has 0 aromatic heterocycles. The van der Waals surface area contributed by atoms with E-state index in [1.807, 2.05) is 0 Å². The van der Waals surface area contributed by atoms with Crippen LogP contribution in [0.5, 0.6) is 0 Å². The van der Waals surface area contributed by atoms with Gasteiger partial charge in [0, 0.05) is 13.1 Å². The lowest BCUT2D eigenvalue weighted by Gasteiger charge is -2.34. The Morgan fingerprint density at radius 1 is 0.742 bits per heavy atom. The number of nitrogens with one attached hydrogen (secondary N) is 2. The molecule has 2 amide bonds. The molecule has 0 aromatic rings. The smallest absolute Gasteiger partial charge is 0.246 e. The Morgan fingerprint density at radius 3 is 1.52 bits per heavy atom. The quantitative estimate of drug-likeness (QED) is 0.568. The van der Waals surface area contributed by atoms with E-state index < -0.39 is 36.0 Å². The third kappa shape index (κ3) is 7.35. The summed E-state index contributed by atoms with van der Waals surface area (Å²) in [5.74, 6) is -2.20. The number of hydrogen-bond donors (Lipinski definition) is 2. The lowest BCUT2D eigenvalue weighted by molar-refractivity contribution is -0.204. The molecule has 0 bridgehead atoms. The molecule has 3 aliphatic rings. The molecule has 0 radical (unpaired) electrons. The molecule has 3 aliphatic heterocycles. The van der Waals surface area contributed by atoms with Crippen molar-refractivity contribution in [3.05, 3.63) is 0 Å². The van der Waals surface area contributed by atoms with Crippen molar-refractivity contribution in [1.29, 1.82) is 0 Å². The lowest BCUT2D eigenvalue weighted by atomic mass is 10.0. The minimum absolute atomic E-state index is 0.214. The van der Waals surface area contributed by atoms with E-state index in [9.17, 15) is 9.59 Å². The molecule has 2 N–H and O–H groups in total. The maximum atomic E-state index is 12.3. The Bertz CT molecular complexity index is 576. The van der Waals surface area contributed by atoms with Crippen molar-refractivity contribution >= 4 is 11.8 Å². The number of ether oxygens (including phenoxy) is 7. The van der Waals surface area contributed by atoms with Gasteiger partial charge >= 0.3 is 0 Å². The lowest BCUT2D eigenvalue weighted by Crippen LogP contribution is -2.52. The van der Waals surface area contributed by atoms with Gasteiger partial charge in [-0.15, -0.1) is 0 Å². The van der Waals surface area contributed by atoms with Crippen LogP contribution in [0, 0.1) is 0 Å². The van der Waals surface area contributed by atoms with Gasteiger partial charge in [-0.2, -0.15) is 0 Å². The Hall–Kier alpha value is -1.34. The fourth-order valence-corrected chi connectivity index (χ4v) is 3.66. The van der Waals surface area contributed by atoms with Crippen molar-refractivity contribution in [1.82, 2.24) is 10.6 Å². The van der Waals surface area contributed by atoms with Gasteiger partial charge in [0.15, 0.2) is 11.6 Å². The monoisotopic (exact) mass is 446 g/mol. The van der Waals surface area contributed by atoms with Crippen molar-refractivity contribution < 1.29 is 42.7 Å². The second-order valence-electron chi connectivity index (χ2n) is 8.60. The first-order chi connectivity index (χ1) is 14.7. The van der Waals surface area contributed by atoms with Crippen LogP contribution in [0.4, 0.5) is 0 Å². The molecule has 11 heteroatoms. The highest BCUT2D eigenvalue weighted by Crippen LogP contribution is 2.32. The first-order valence-electron chi connectivity index (χ1n) is 10.6. The van der Waals surface area contributed by atoms with Gasteiger partial charge in [0.05, 0.1) is 26.4 Å². The van der Waals surface area contributed by atoms with Crippen LogP contribution in [0.2, 0.25) is 0 Å². The molecule has 0 saturated carbocycles. The standard InChI is InChI=1S/C20H34N2O9/c1-19(2)28-9-13(30-19)17-18(14-10-29-20(3,4)31-14)27-12-16(24)22-6-8-25-7-5-21-15(23)11-26-17/h13-14,17-18H,5-12H2,1-4H3,(H,21,23)(H,22,24)/t13-,14-,17-,18-/m1/s1. The van der Waals surface area contributed by atoms with E-state index in [1.54, 1.807) is 27.7 Å². The predicted molar refractivity (Wildman–Crippen MR) is 106 cm³/mol. The second kappa shape index (κ2) is 10.5. The van der Waals surface area contributed by atoms with E-state index in [4.69, 9.17) is 33.2 Å². The molecule has 11 nitrogen and oxygen atoms in total. The summed E-state index contributed by atoms with van der Waals surface area (Å²) >= 11 is 0. The molecule has 178 valence electrons. The molecule has 4 atom stereocenters. The zero-order valence-corrected chi connectivity index (χ0v) is 18.6. The Labute approximate surface area is 182 Å². The van der Waals surface area contributed by atoms with E-state index in [2.05, 4.69) is 10.6 Å². The minimum Gasteiger partial charge on any atom is -0.378 e. The van der Waals surface area contributed by atoms with Crippen LogP contribution in [0.25, 0.3) is 0 Å². The van der Waals surface area contributed by atoms with Crippen molar-refractivity contribution in [2.24, 2.45) is 0 Å². The van der Waals surface area contributed by atoms with Gasteiger partial charge in [-0.25, -0.2) is 0 Å². The average molecular weight is 446 g/mol. The Balaban J connectivity index is 1.80. The van der Waals surface area contributed by atoms with Gasteiger partial charge in [-0.1, -0.05) is 0 Å². The molecule has 3 saturated heterocycles. The van der Waals surface area contributed by atoms with E-state index in [-0.39, 0.29) is 38.2 Å². The largest absolute Gasteiger partial charge is 0.378 e. The molecule has 0 unspecified atom stereocenters. The summed E-state index contributed by atoms with van der Waals surface area (Å²) in [6.07, 6.45) is -2.52. The van der Waals surface area contributed by atoms with Gasteiger partial charge in [0.25, 0.3) is 0 Å². The van der Waals surface area contributed by atoms with Crippen LogP contribution >= 0.6 is 0 Å². The number of carbonyl (C=O) groups excluding carboxylic acids is 2. The molecule has 0 aromatic carbocycles. The van der Waals surface area contributed by atoms with Gasteiger partial charge < -0.3 is 43.8 Å². The van der Waals surface area contributed by atoms with E-state index in [0.717, 1.165) is 0 Å². The Morgan fingerprint density at radius 2 is 1.16 bits per heavy atom. The average Bonchev–Trinajstić information content (AvgIpc) is 3.23. The van der Waals surface area contributed by atoms with E-state index in [1.165, 1.54) is 0 Å². The molecule has 3 fully saturated rings. The third-order valence-corrected chi connectivity index (χ3v) is 5.07. The summed E-state index contributed by atoms with van der Waals surface area (Å²) < 4.78 is 40.8. The van der Waals surface area contributed by atoms with Crippen molar-refractivity contribution in [3.63, 3.8) is 0 Å². The number of hydrogen-bond acceptors (Lipinski definition) is 9. The zero-order valence-electron chi connectivity index (χ0n) is 18.6. The van der Waals surface area contributed by atoms with Crippen LogP contribution < -0.4 is 10.6 Å². The molecule has 3 heterocycles. The van der Waals surface area contributed by atoms with Gasteiger partial charge in [-0.05, 0) is 27.7 Å². The number of amides is 2. The molecular formula is C20H34N2O9. The van der Waals surface area contributed by atoms with Crippen molar-refractivity contribution in [2.45, 2.75) is 63.7 Å². The number of rotatable bonds is 2. The third-order valence-electron chi connectivity index (χ3n) is 5.07. The van der Waals surface area contributed by atoms with E-state index >= 15 is 0 Å². The van der Waals surface area contributed by atoms with Crippen LogP contribution in [0.15, 0.2) is 0 Å². The van der Waals surface area contributed by atoms with Crippen molar-refractivity contribution in [3.8, 4) is 0 Å². The summed E-state index contributed by atoms with van der Waals surface area (Å²) in [6.45, 7) is 8.60. The fourth-order valence-electron chi connectivity index (χ4n) is 3.66. The first kappa shape index (κ1) is 24.3. The number of carbonyl (C=O) groups is 2. The molecule has 3 rings (SSSR count).